The molecular weight excluding hydrogens is 218 g/mol. The first-order valence-corrected chi connectivity index (χ1v) is 5.67. The number of aryl methyl sites for hydroxylation is 1. The van der Waals surface area contributed by atoms with E-state index in [1.807, 2.05) is 31.2 Å². The smallest absolute Gasteiger partial charge is 0.223 e. The molecule has 1 amide bonds. The van der Waals surface area contributed by atoms with Crippen molar-refractivity contribution in [2.45, 2.75) is 13.3 Å². The number of ether oxygens (including phenoxy) is 2. The number of carbonyl (C=O) groups excluding carboxylic acids is 1. The summed E-state index contributed by atoms with van der Waals surface area (Å²) in [5.41, 5.74) is 1.19. The summed E-state index contributed by atoms with van der Waals surface area (Å²) >= 11 is 0. The number of hydrogen-bond acceptors (Lipinski definition) is 3. The first kappa shape index (κ1) is 13.5. The molecule has 0 bridgehead atoms. The van der Waals surface area contributed by atoms with Crippen LogP contribution in [-0.2, 0) is 9.53 Å². The fraction of sp³-hybridized carbons (Fsp3) is 0.462. The number of methoxy groups -OCH3 is 1. The molecule has 0 aliphatic rings. The summed E-state index contributed by atoms with van der Waals surface area (Å²) in [4.78, 5) is 11.3. The van der Waals surface area contributed by atoms with Gasteiger partial charge in [0.1, 0.15) is 5.75 Å². The molecule has 0 aliphatic carbocycles. The topological polar surface area (TPSA) is 47.6 Å². The van der Waals surface area contributed by atoms with Crippen LogP contribution < -0.4 is 10.1 Å². The highest BCUT2D eigenvalue weighted by atomic mass is 16.5. The highest BCUT2D eigenvalue weighted by molar-refractivity contribution is 5.75. The minimum atomic E-state index is -0.0193. The largest absolute Gasteiger partial charge is 0.493 e. The van der Waals surface area contributed by atoms with Crippen LogP contribution in [0.2, 0.25) is 0 Å². The molecule has 0 aromatic heterocycles. The number of amides is 1. The maximum atomic E-state index is 11.3. The van der Waals surface area contributed by atoms with Gasteiger partial charge in [0.25, 0.3) is 0 Å². The molecule has 1 rings (SSSR count). The first-order chi connectivity index (χ1) is 8.22. The highest BCUT2D eigenvalue weighted by Crippen LogP contribution is 2.11. The molecule has 1 aromatic rings. The molecule has 1 N–H and O–H groups in total. The summed E-state index contributed by atoms with van der Waals surface area (Å²) in [5, 5.41) is 2.74. The van der Waals surface area contributed by atoms with Gasteiger partial charge in [-0.25, -0.2) is 0 Å². The van der Waals surface area contributed by atoms with Crippen molar-refractivity contribution in [3.8, 4) is 5.75 Å². The summed E-state index contributed by atoms with van der Waals surface area (Å²) < 4.78 is 10.3. The second-order valence-corrected chi connectivity index (χ2v) is 3.75. The van der Waals surface area contributed by atoms with Gasteiger partial charge in [0, 0.05) is 13.7 Å². The molecule has 0 fully saturated rings. The summed E-state index contributed by atoms with van der Waals surface area (Å²) in [7, 11) is 1.60. The van der Waals surface area contributed by atoms with Crippen molar-refractivity contribution in [3.63, 3.8) is 0 Å². The van der Waals surface area contributed by atoms with E-state index in [1.165, 1.54) is 5.56 Å². The van der Waals surface area contributed by atoms with Crippen LogP contribution in [0.5, 0.6) is 5.75 Å². The lowest BCUT2D eigenvalue weighted by Gasteiger charge is -2.07. The molecule has 94 valence electrons. The molecule has 0 atom stereocenters. The Hall–Kier alpha value is -1.55. The van der Waals surface area contributed by atoms with Gasteiger partial charge in [0.15, 0.2) is 0 Å². The van der Waals surface area contributed by atoms with Crippen molar-refractivity contribution in [2.24, 2.45) is 0 Å². The summed E-state index contributed by atoms with van der Waals surface area (Å²) in [6.45, 7) is 3.49. The lowest BCUT2D eigenvalue weighted by Crippen LogP contribution is -2.28. The molecule has 0 spiro atoms. The van der Waals surface area contributed by atoms with Crippen LogP contribution in [0.4, 0.5) is 0 Å². The van der Waals surface area contributed by atoms with Crippen LogP contribution in [0.25, 0.3) is 0 Å². The number of rotatable bonds is 7. The van der Waals surface area contributed by atoms with Crippen LogP contribution in [-0.4, -0.2) is 32.8 Å². The van der Waals surface area contributed by atoms with Crippen LogP contribution in [0.3, 0.4) is 0 Å². The Morgan fingerprint density at radius 2 is 1.94 bits per heavy atom. The molecule has 4 nitrogen and oxygen atoms in total. The predicted octanol–water partition coefficient (Wildman–Crippen LogP) is 1.53. The van der Waals surface area contributed by atoms with Crippen molar-refractivity contribution in [1.29, 1.82) is 0 Å². The Labute approximate surface area is 102 Å². The normalized spacial score (nSPS) is 10.0. The van der Waals surface area contributed by atoms with Crippen LogP contribution in [0, 0.1) is 6.92 Å². The Morgan fingerprint density at radius 3 is 2.59 bits per heavy atom. The maximum Gasteiger partial charge on any atom is 0.223 e. The summed E-state index contributed by atoms with van der Waals surface area (Å²) in [6.07, 6.45) is 0.359. The van der Waals surface area contributed by atoms with Gasteiger partial charge in [-0.2, -0.15) is 0 Å². The van der Waals surface area contributed by atoms with Crippen LogP contribution >= 0.6 is 0 Å². The monoisotopic (exact) mass is 237 g/mol. The van der Waals surface area contributed by atoms with Gasteiger partial charge in [-0.05, 0) is 19.1 Å². The minimum Gasteiger partial charge on any atom is -0.493 e. The fourth-order valence-corrected chi connectivity index (χ4v) is 1.28. The lowest BCUT2D eigenvalue weighted by molar-refractivity contribution is -0.121. The predicted molar refractivity (Wildman–Crippen MR) is 66.2 cm³/mol. The van der Waals surface area contributed by atoms with Gasteiger partial charge in [-0.1, -0.05) is 17.7 Å². The fourth-order valence-electron chi connectivity index (χ4n) is 1.28. The van der Waals surface area contributed by atoms with Crippen LogP contribution in [0.15, 0.2) is 24.3 Å². The lowest BCUT2D eigenvalue weighted by atomic mass is 10.2. The van der Waals surface area contributed by atoms with E-state index in [0.717, 1.165) is 5.75 Å². The molecule has 0 saturated carbocycles. The molecule has 17 heavy (non-hydrogen) atoms. The van der Waals surface area contributed by atoms with Gasteiger partial charge in [-0.15, -0.1) is 0 Å². The molecular formula is C13H19NO3. The summed E-state index contributed by atoms with van der Waals surface area (Å²) in [5.74, 6) is 0.773. The Morgan fingerprint density at radius 1 is 1.24 bits per heavy atom. The van der Waals surface area contributed by atoms with Crippen molar-refractivity contribution in [3.05, 3.63) is 29.8 Å². The van der Waals surface area contributed by atoms with E-state index in [1.54, 1.807) is 7.11 Å². The van der Waals surface area contributed by atoms with E-state index < -0.39 is 0 Å². The van der Waals surface area contributed by atoms with Gasteiger partial charge in [0.2, 0.25) is 5.91 Å². The zero-order valence-electron chi connectivity index (χ0n) is 10.4. The van der Waals surface area contributed by atoms with Gasteiger partial charge < -0.3 is 14.8 Å². The van der Waals surface area contributed by atoms with E-state index in [0.29, 0.717) is 26.2 Å². The van der Waals surface area contributed by atoms with E-state index >= 15 is 0 Å². The second kappa shape index (κ2) is 7.68. The third-order valence-corrected chi connectivity index (χ3v) is 2.25. The molecule has 0 saturated heterocycles. The second-order valence-electron chi connectivity index (χ2n) is 3.75. The maximum absolute atomic E-state index is 11.3. The molecule has 0 radical (unpaired) electrons. The highest BCUT2D eigenvalue weighted by Gasteiger charge is 2.00. The van der Waals surface area contributed by atoms with Crippen molar-refractivity contribution in [2.75, 3.05) is 26.9 Å². The molecule has 0 heterocycles. The van der Waals surface area contributed by atoms with Crippen molar-refractivity contribution in [1.82, 2.24) is 5.32 Å². The average Bonchev–Trinajstić information content (AvgIpc) is 2.32. The van der Waals surface area contributed by atoms with Crippen LogP contribution in [0.1, 0.15) is 12.0 Å². The number of benzene rings is 1. The van der Waals surface area contributed by atoms with Gasteiger partial charge in [0.05, 0.1) is 19.6 Å². The Kier molecular flexibility index (Phi) is 6.10. The standard InChI is InChI=1S/C13H19NO3/c1-11-3-5-12(6-4-11)17-9-7-13(15)14-8-10-16-2/h3-6H,7-10H2,1-2H3,(H,14,15). The van der Waals surface area contributed by atoms with Gasteiger partial charge >= 0.3 is 0 Å². The quantitative estimate of drug-likeness (QED) is 0.731. The third kappa shape index (κ3) is 5.92. The average molecular weight is 237 g/mol. The zero-order chi connectivity index (χ0) is 12.5. The molecule has 0 unspecified atom stereocenters. The minimum absolute atomic E-state index is 0.0193. The third-order valence-electron chi connectivity index (χ3n) is 2.25. The number of carbonyl (C=O) groups is 1. The SMILES string of the molecule is COCCNC(=O)CCOc1ccc(C)cc1. The Bertz CT molecular complexity index is 335. The molecule has 0 aliphatic heterocycles. The first-order valence-electron chi connectivity index (χ1n) is 5.67. The zero-order valence-corrected chi connectivity index (χ0v) is 10.4. The van der Waals surface area contributed by atoms with E-state index in [-0.39, 0.29) is 5.91 Å². The van der Waals surface area contributed by atoms with E-state index in [9.17, 15) is 4.79 Å². The number of hydrogen-bond donors (Lipinski definition) is 1. The van der Waals surface area contributed by atoms with Gasteiger partial charge in [-0.3, -0.25) is 4.79 Å². The van der Waals surface area contributed by atoms with E-state index in [2.05, 4.69) is 5.32 Å². The number of nitrogens with one attached hydrogen (secondary N) is 1. The summed E-state index contributed by atoms with van der Waals surface area (Å²) in [6, 6.07) is 7.76. The Balaban J connectivity index is 2.14. The van der Waals surface area contributed by atoms with E-state index in [4.69, 9.17) is 9.47 Å². The van der Waals surface area contributed by atoms with Crippen molar-refractivity contribution < 1.29 is 14.3 Å². The van der Waals surface area contributed by atoms with Crippen molar-refractivity contribution >= 4 is 5.91 Å². The molecule has 4 heteroatoms. The molecule has 1 aromatic carbocycles.